The quantitative estimate of drug-likeness (QED) is 0.596. The third-order valence-corrected chi connectivity index (χ3v) is 3.27. The Morgan fingerprint density at radius 3 is 2.62 bits per heavy atom. The van der Waals surface area contributed by atoms with Crippen LogP contribution in [0.5, 0.6) is 0 Å². The topological polar surface area (TPSA) is 78.8 Å². The fourth-order valence-corrected chi connectivity index (χ4v) is 1.69. The number of hydrogen-bond acceptors (Lipinski definition) is 4. The van der Waals surface area contributed by atoms with Crippen LogP contribution < -0.4 is 5.32 Å². The molecule has 0 heterocycles. The van der Waals surface area contributed by atoms with Gasteiger partial charge in [-0.05, 0) is 12.0 Å². The Morgan fingerprint density at radius 1 is 1.33 bits per heavy atom. The van der Waals surface area contributed by atoms with E-state index in [1.807, 2.05) is 30.3 Å². The van der Waals surface area contributed by atoms with E-state index in [-0.39, 0.29) is 6.61 Å². The van der Waals surface area contributed by atoms with Crippen LogP contribution in [-0.4, -0.2) is 42.0 Å². The van der Waals surface area contributed by atoms with Crippen LogP contribution in [0.2, 0.25) is 0 Å². The molecule has 1 aromatic rings. The highest BCUT2D eigenvalue weighted by molar-refractivity contribution is 5.81. The van der Waals surface area contributed by atoms with Crippen molar-refractivity contribution in [2.24, 2.45) is 5.41 Å². The van der Waals surface area contributed by atoms with Gasteiger partial charge in [-0.3, -0.25) is 4.79 Å². The summed E-state index contributed by atoms with van der Waals surface area (Å²) in [6.07, 6.45) is -0.544. The fraction of sp³-hybridized carbons (Fsp3) is 0.562. The average molecular weight is 295 g/mol. The van der Waals surface area contributed by atoms with E-state index in [0.717, 1.165) is 5.56 Å². The molecule has 1 rings (SSSR count). The predicted molar refractivity (Wildman–Crippen MR) is 80.6 cm³/mol. The van der Waals surface area contributed by atoms with Gasteiger partial charge < -0.3 is 20.3 Å². The lowest BCUT2D eigenvalue weighted by molar-refractivity contribution is -0.137. The van der Waals surface area contributed by atoms with E-state index in [1.54, 1.807) is 13.8 Å². The van der Waals surface area contributed by atoms with Gasteiger partial charge in [0.25, 0.3) is 0 Å². The van der Waals surface area contributed by atoms with Crippen molar-refractivity contribution >= 4 is 5.91 Å². The molecule has 0 saturated carbocycles. The molecular formula is C16H25NO4. The molecule has 118 valence electrons. The molecule has 0 saturated heterocycles. The van der Waals surface area contributed by atoms with Crippen LogP contribution in [0.3, 0.4) is 0 Å². The SMILES string of the molecule is CC(C)(CO)[C@@H](O)C(=O)NCCCOCc1ccccc1. The normalized spacial score (nSPS) is 13.0. The maximum atomic E-state index is 11.7. The molecule has 1 amide bonds. The third kappa shape index (κ3) is 6.25. The maximum absolute atomic E-state index is 11.7. The molecule has 5 nitrogen and oxygen atoms in total. The van der Waals surface area contributed by atoms with E-state index < -0.39 is 17.4 Å². The van der Waals surface area contributed by atoms with Crippen LogP contribution in [0, 0.1) is 5.41 Å². The lowest BCUT2D eigenvalue weighted by Gasteiger charge is -2.27. The summed E-state index contributed by atoms with van der Waals surface area (Å²) >= 11 is 0. The van der Waals surface area contributed by atoms with Crippen LogP contribution >= 0.6 is 0 Å². The molecule has 0 radical (unpaired) electrons. The Balaban J connectivity index is 2.13. The van der Waals surface area contributed by atoms with Crippen molar-refractivity contribution in [3.63, 3.8) is 0 Å². The van der Waals surface area contributed by atoms with Crippen molar-refractivity contribution < 1.29 is 19.7 Å². The molecule has 21 heavy (non-hydrogen) atoms. The van der Waals surface area contributed by atoms with Gasteiger partial charge in [0.05, 0.1) is 13.2 Å². The molecule has 5 heteroatoms. The molecule has 1 atom stereocenters. The summed E-state index contributed by atoms with van der Waals surface area (Å²) < 4.78 is 5.50. The minimum absolute atomic E-state index is 0.248. The first-order valence-electron chi connectivity index (χ1n) is 7.15. The first-order valence-corrected chi connectivity index (χ1v) is 7.15. The Labute approximate surface area is 125 Å². The van der Waals surface area contributed by atoms with Gasteiger partial charge in [0.1, 0.15) is 6.10 Å². The maximum Gasteiger partial charge on any atom is 0.249 e. The van der Waals surface area contributed by atoms with E-state index in [9.17, 15) is 9.90 Å². The largest absolute Gasteiger partial charge is 0.396 e. The van der Waals surface area contributed by atoms with Crippen LogP contribution in [0.25, 0.3) is 0 Å². The molecule has 1 aromatic carbocycles. The van der Waals surface area contributed by atoms with Gasteiger partial charge in [-0.25, -0.2) is 0 Å². The summed E-state index contributed by atoms with van der Waals surface area (Å²) in [6.45, 7) is 4.55. The summed E-state index contributed by atoms with van der Waals surface area (Å²) in [4.78, 5) is 11.7. The number of carbonyl (C=O) groups is 1. The predicted octanol–water partition coefficient (Wildman–Crippen LogP) is 1.09. The molecule has 0 bridgehead atoms. The number of nitrogens with one attached hydrogen (secondary N) is 1. The molecular weight excluding hydrogens is 270 g/mol. The Morgan fingerprint density at radius 2 is 2.00 bits per heavy atom. The average Bonchev–Trinajstić information content (AvgIpc) is 2.50. The summed E-state index contributed by atoms with van der Waals surface area (Å²) in [5, 5.41) is 21.5. The van der Waals surface area contributed by atoms with Gasteiger partial charge in [-0.15, -0.1) is 0 Å². The first-order chi connectivity index (χ1) is 9.97. The van der Waals surface area contributed by atoms with Gasteiger partial charge >= 0.3 is 0 Å². The fourth-order valence-electron chi connectivity index (χ4n) is 1.69. The number of aliphatic hydroxyl groups is 2. The highest BCUT2D eigenvalue weighted by atomic mass is 16.5. The highest BCUT2D eigenvalue weighted by Crippen LogP contribution is 2.19. The summed E-state index contributed by atoms with van der Waals surface area (Å²) in [5.41, 5.74) is 0.273. The van der Waals surface area contributed by atoms with Gasteiger partial charge in [0.2, 0.25) is 5.91 Å². The number of rotatable bonds is 9. The number of benzene rings is 1. The van der Waals surface area contributed by atoms with Crippen LogP contribution in [0.1, 0.15) is 25.8 Å². The Hall–Kier alpha value is -1.43. The number of hydrogen-bond donors (Lipinski definition) is 3. The van der Waals surface area contributed by atoms with E-state index in [0.29, 0.717) is 26.2 Å². The Bertz CT molecular complexity index is 420. The molecule has 0 unspecified atom stereocenters. The van der Waals surface area contributed by atoms with E-state index >= 15 is 0 Å². The van der Waals surface area contributed by atoms with Gasteiger partial charge in [0.15, 0.2) is 0 Å². The smallest absolute Gasteiger partial charge is 0.249 e. The molecule has 0 spiro atoms. The zero-order chi connectivity index (χ0) is 15.7. The lowest BCUT2D eigenvalue weighted by Crippen LogP contribution is -2.45. The summed E-state index contributed by atoms with van der Waals surface area (Å²) in [7, 11) is 0. The lowest BCUT2D eigenvalue weighted by atomic mass is 9.87. The number of aliphatic hydroxyl groups excluding tert-OH is 2. The second-order valence-electron chi connectivity index (χ2n) is 5.73. The standard InChI is InChI=1S/C16H25NO4/c1-16(2,12-18)14(19)15(20)17-9-6-10-21-11-13-7-4-3-5-8-13/h3-5,7-8,14,18-19H,6,9-12H2,1-2H3,(H,17,20)/t14-/m0/s1. The minimum Gasteiger partial charge on any atom is -0.396 e. The van der Waals surface area contributed by atoms with Crippen LogP contribution in [0.15, 0.2) is 30.3 Å². The van der Waals surface area contributed by atoms with Gasteiger partial charge in [0, 0.05) is 18.6 Å². The molecule has 0 aliphatic carbocycles. The molecule has 0 aromatic heterocycles. The minimum atomic E-state index is -1.22. The van der Waals surface area contributed by atoms with E-state index in [2.05, 4.69) is 5.32 Å². The number of amides is 1. The van der Waals surface area contributed by atoms with E-state index in [4.69, 9.17) is 9.84 Å². The molecule has 3 N–H and O–H groups in total. The van der Waals surface area contributed by atoms with Crippen molar-refractivity contribution in [1.82, 2.24) is 5.32 Å². The van der Waals surface area contributed by atoms with Crippen molar-refractivity contribution in [3.8, 4) is 0 Å². The van der Waals surface area contributed by atoms with Crippen LogP contribution in [0.4, 0.5) is 0 Å². The second-order valence-corrected chi connectivity index (χ2v) is 5.73. The molecule has 0 aliphatic rings. The first kappa shape index (κ1) is 17.6. The van der Waals surface area contributed by atoms with Crippen molar-refractivity contribution in [1.29, 1.82) is 0 Å². The number of carbonyl (C=O) groups excluding carboxylic acids is 1. The van der Waals surface area contributed by atoms with Crippen LogP contribution in [-0.2, 0) is 16.1 Å². The Kier molecular flexibility index (Phi) is 7.36. The third-order valence-electron chi connectivity index (χ3n) is 3.27. The van der Waals surface area contributed by atoms with Gasteiger partial charge in [-0.2, -0.15) is 0 Å². The molecule has 0 aliphatic heterocycles. The van der Waals surface area contributed by atoms with Crippen molar-refractivity contribution in [2.45, 2.75) is 33.0 Å². The monoisotopic (exact) mass is 295 g/mol. The molecule has 0 fully saturated rings. The summed E-state index contributed by atoms with van der Waals surface area (Å²) in [6, 6.07) is 9.87. The van der Waals surface area contributed by atoms with Crippen molar-refractivity contribution in [3.05, 3.63) is 35.9 Å². The second kappa shape index (κ2) is 8.77. The van der Waals surface area contributed by atoms with Gasteiger partial charge in [-0.1, -0.05) is 44.2 Å². The number of ether oxygens (including phenoxy) is 1. The van der Waals surface area contributed by atoms with E-state index in [1.165, 1.54) is 0 Å². The summed E-state index contributed by atoms with van der Waals surface area (Å²) in [5.74, 6) is -0.461. The highest BCUT2D eigenvalue weighted by Gasteiger charge is 2.32. The van der Waals surface area contributed by atoms with Crippen molar-refractivity contribution in [2.75, 3.05) is 19.8 Å². The zero-order valence-electron chi connectivity index (χ0n) is 12.7. The zero-order valence-corrected chi connectivity index (χ0v) is 12.7.